The number of carbonyl (C=O) groups excluding carboxylic acids is 1. The van der Waals surface area contributed by atoms with Crippen LogP contribution in [-0.2, 0) is 15.4 Å². The Bertz CT molecular complexity index is 2010. The van der Waals surface area contributed by atoms with Crippen LogP contribution in [0.5, 0.6) is 0 Å². The van der Waals surface area contributed by atoms with Gasteiger partial charge >= 0.3 is 0 Å². The third kappa shape index (κ3) is 6.50. The maximum atomic E-state index is 14.9. The molecule has 2 bridgehead atoms. The predicted molar refractivity (Wildman–Crippen MR) is 193 cm³/mol. The number of para-hydroxylation sites is 2. The van der Waals surface area contributed by atoms with Crippen LogP contribution in [0, 0.1) is 18.6 Å². The highest BCUT2D eigenvalue weighted by Gasteiger charge is 2.44. The van der Waals surface area contributed by atoms with Crippen LogP contribution in [0.2, 0.25) is 0 Å². The Morgan fingerprint density at radius 1 is 0.902 bits per heavy atom. The number of nitrogens with zero attached hydrogens (tertiary/aromatic N) is 4. The highest BCUT2D eigenvalue weighted by atomic mass is 32.2. The van der Waals surface area contributed by atoms with Crippen molar-refractivity contribution in [1.29, 1.82) is 0 Å². The Hall–Kier alpha value is -3.67. The van der Waals surface area contributed by atoms with Gasteiger partial charge in [-0.25, -0.2) is 26.9 Å². The minimum atomic E-state index is -4.33. The molecular formula is C40H47F2N5O3S. The number of halogens is 2. The first-order valence-electron chi connectivity index (χ1n) is 18.7. The number of fused-ring (bicyclic) bond motifs is 3. The lowest BCUT2D eigenvalue weighted by molar-refractivity contribution is 0.0606. The molecule has 8 rings (SSSR count). The number of aromatic nitrogens is 2. The van der Waals surface area contributed by atoms with Crippen molar-refractivity contribution in [2.24, 2.45) is 0 Å². The molecule has 2 atom stereocenters. The van der Waals surface area contributed by atoms with Gasteiger partial charge in [-0.05, 0) is 106 Å². The van der Waals surface area contributed by atoms with E-state index < -0.39 is 32.5 Å². The molecule has 1 N–H and O–H groups in total. The summed E-state index contributed by atoms with van der Waals surface area (Å²) in [7, 11) is -4.33. The number of piperidine rings is 2. The maximum absolute atomic E-state index is 14.9. The average Bonchev–Trinajstić information content (AvgIpc) is 3.83. The van der Waals surface area contributed by atoms with Gasteiger partial charge in [0, 0.05) is 42.8 Å². The Labute approximate surface area is 299 Å². The van der Waals surface area contributed by atoms with E-state index in [0.717, 1.165) is 75.0 Å². The van der Waals surface area contributed by atoms with Crippen LogP contribution in [0.1, 0.15) is 98.4 Å². The number of imidazole rings is 1. The fourth-order valence-electron chi connectivity index (χ4n) is 9.79. The second-order valence-electron chi connectivity index (χ2n) is 15.3. The fraction of sp³-hybridized carbons (Fsp3) is 0.500. The number of hydrogen-bond acceptors (Lipinski definition) is 5. The summed E-state index contributed by atoms with van der Waals surface area (Å²) < 4.78 is 60.9. The molecule has 11 heteroatoms. The van der Waals surface area contributed by atoms with Crippen molar-refractivity contribution in [1.82, 2.24) is 24.1 Å². The summed E-state index contributed by atoms with van der Waals surface area (Å²) >= 11 is 0. The second-order valence-corrected chi connectivity index (χ2v) is 17.0. The first kappa shape index (κ1) is 34.4. The summed E-state index contributed by atoms with van der Waals surface area (Å²) in [5.41, 5.74) is 3.26. The Kier molecular flexibility index (Phi) is 9.25. The zero-order valence-electron chi connectivity index (χ0n) is 29.2. The maximum Gasteiger partial charge on any atom is 0.254 e. The Morgan fingerprint density at radius 2 is 1.57 bits per heavy atom. The number of carbonyl (C=O) groups is 1. The van der Waals surface area contributed by atoms with Gasteiger partial charge in [-0.1, -0.05) is 55.3 Å². The molecule has 3 aliphatic heterocycles. The molecule has 270 valence electrons. The van der Waals surface area contributed by atoms with Crippen LogP contribution >= 0.6 is 0 Å². The van der Waals surface area contributed by atoms with Crippen molar-refractivity contribution >= 4 is 27.0 Å². The number of aryl methyl sites for hydroxylation is 1. The molecular weight excluding hydrogens is 669 g/mol. The third-order valence-electron chi connectivity index (χ3n) is 12.4. The lowest BCUT2D eigenvalue weighted by atomic mass is 9.70. The molecule has 1 saturated carbocycles. The summed E-state index contributed by atoms with van der Waals surface area (Å²) in [4.78, 5) is 22.2. The molecule has 0 spiro atoms. The molecule has 4 heterocycles. The molecule has 0 radical (unpaired) electrons. The van der Waals surface area contributed by atoms with Crippen LogP contribution in [0.25, 0.3) is 11.0 Å². The summed E-state index contributed by atoms with van der Waals surface area (Å²) in [5.74, 6) is -2.18. The molecule has 2 unspecified atom stereocenters. The third-order valence-corrected chi connectivity index (χ3v) is 14.0. The number of benzene rings is 3. The van der Waals surface area contributed by atoms with Gasteiger partial charge in [-0.15, -0.1) is 0 Å². The van der Waals surface area contributed by atoms with E-state index in [0.29, 0.717) is 44.1 Å². The van der Waals surface area contributed by atoms with E-state index in [-0.39, 0.29) is 17.0 Å². The van der Waals surface area contributed by atoms with E-state index in [4.69, 9.17) is 4.98 Å². The minimum absolute atomic E-state index is 0.140. The van der Waals surface area contributed by atoms with E-state index in [1.54, 1.807) is 4.90 Å². The quantitative estimate of drug-likeness (QED) is 0.197. The van der Waals surface area contributed by atoms with Gasteiger partial charge in [0.2, 0.25) is 10.0 Å². The number of sulfonamides is 1. The van der Waals surface area contributed by atoms with E-state index in [9.17, 15) is 22.0 Å². The lowest BCUT2D eigenvalue weighted by Crippen LogP contribution is -2.49. The van der Waals surface area contributed by atoms with Crippen molar-refractivity contribution in [3.05, 3.63) is 95.3 Å². The van der Waals surface area contributed by atoms with Crippen LogP contribution in [0.4, 0.5) is 8.78 Å². The smallest absolute Gasteiger partial charge is 0.254 e. The van der Waals surface area contributed by atoms with Crippen molar-refractivity contribution in [3.8, 4) is 0 Å². The molecule has 4 fully saturated rings. The van der Waals surface area contributed by atoms with E-state index in [1.807, 2.05) is 6.07 Å². The van der Waals surface area contributed by atoms with Crippen molar-refractivity contribution in [2.75, 3.05) is 19.6 Å². The fourth-order valence-corrected chi connectivity index (χ4v) is 11.2. The van der Waals surface area contributed by atoms with Crippen LogP contribution in [0.3, 0.4) is 0 Å². The summed E-state index contributed by atoms with van der Waals surface area (Å²) in [6, 6.07) is 22.0. The normalized spacial score (nSPS) is 24.1. The van der Waals surface area contributed by atoms with Crippen molar-refractivity contribution in [2.45, 2.75) is 112 Å². The van der Waals surface area contributed by atoms with Crippen LogP contribution < -0.4 is 4.72 Å². The first-order chi connectivity index (χ1) is 24.6. The second kappa shape index (κ2) is 13.7. The Morgan fingerprint density at radius 3 is 2.27 bits per heavy atom. The molecule has 51 heavy (non-hydrogen) atoms. The minimum Gasteiger partial charge on any atom is -0.339 e. The van der Waals surface area contributed by atoms with Crippen LogP contribution in [0.15, 0.2) is 71.6 Å². The number of likely N-dealkylation sites (tertiary alicyclic amines) is 1. The van der Waals surface area contributed by atoms with E-state index in [2.05, 4.69) is 69.6 Å². The molecule has 1 aromatic heterocycles. The molecule has 8 nitrogen and oxygen atoms in total. The topological polar surface area (TPSA) is 87.5 Å². The number of nitrogens with one attached hydrogen (secondary N) is 1. The van der Waals surface area contributed by atoms with Gasteiger partial charge < -0.3 is 9.47 Å². The van der Waals surface area contributed by atoms with Gasteiger partial charge in [-0.2, -0.15) is 0 Å². The monoisotopic (exact) mass is 715 g/mol. The molecule has 1 aliphatic carbocycles. The molecule has 4 aromatic rings. The highest BCUT2D eigenvalue weighted by Crippen LogP contribution is 2.45. The van der Waals surface area contributed by atoms with Gasteiger partial charge in [0.1, 0.15) is 10.7 Å². The average molecular weight is 716 g/mol. The predicted octanol–water partition coefficient (Wildman–Crippen LogP) is 7.28. The number of rotatable bonds is 9. The number of amides is 1. The number of hydrogen-bond donors (Lipinski definition) is 1. The van der Waals surface area contributed by atoms with E-state index in [1.165, 1.54) is 23.9 Å². The molecule has 4 aliphatic rings. The van der Waals surface area contributed by atoms with Gasteiger partial charge in [0.05, 0.1) is 11.0 Å². The van der Waals surface area contributed by atoms with Crippen LogP contribution in [-0.4, -0.2) is 71.4 Å². The summed E-state index contributed by atoms with van der Waals surface area (Å²) in [6.07, 6.45) is 10.1. The zero-order valence-corrected chi connectivity index (χ0v) is 30.1. The standard InChI is InChI=1S/C40H47F2N5O3S/c1-27-43-35-13-7-8-14-36(35)47(27)33-25-31-15-16-32(26-33)46(31)22-19-40(29-9-3-2-4-10-29)17-20-45(21-18-40)39(48)28-23-34(41)38(42)37(24-28)51(49,50)44-30-11-5-6-12-30/h2-4,7-10,13-14,23-24,30-33,44H,5-6,11-12,15-22,25-26H2,1H3. The highest BCUT2D eigenvalue weighted by molar-refractivity contribution is 7.89. The van der Waals surface area contributed by atoms with Crippen molar-refractivity contribution in [3.63, 3.8) is 0 Å². The Balaban J connectivity index is 0.971. The molecule has 3 saturated heterocycles. The van der Waals surface area contributed by atoms with E-state index >= 15 is 0 Å². The molecule has 1 amide bonds. The van der Waals surface area contributed by atoms with Gasteiger partial charge in [0.25, 0.3) is 5.91 Å². The largest absolute Gasteiger partial charge is 0.339 e. The SMILES string of the molecule is Cc1nc2ccccc2n1C1CC2CCC(C1)N2CCC1(c2ccccc2)CCN(C(=O)c2cc(F)c(F)c(S(=O)(=O)NC3CCCC3)c2)CC1. The summed E-state index contributed by atoms with van der Waals surface area (Å²) in [6.45, 7) is 3.98. The summed E-state index contributed by atoms with van der Waals surface area (Å²) in [5, 5.41) is 0. The zero-order chi connectivity index (χ0) is 35.3. The van der Waals surface area contributed by atoms with Gasteiger partial charge in [-0.3, -0.25) is 9.69 Å². The molecule has 3 aromatic carbocycles. The first-order valence-corrected chi connectivity index (χ1v) is 20.2. The van der Waals surface area contributed by atoms with Gasteiger partial charge in [0.15, 0.2) is 11.6 Å². The van der Waals surface area contributed by atoms with Crippen molar-refractivity contribution < 1.29 is 22.0 Å². The lowest BCUT2D eigenvalue weighted by Gasteiger charge is -2.45.